The van der Waals surface area contributed by atoms with Gasteiger partial charge >= 0.3 is 0 Å². The van der Waals surface area contributed by atoms with E-state index in [0.29, 0.717) is 28.3 Å². The molecule has 0 aliphatic rings. The molecule has 0 bridgehead atoms. The highest BCUT2D eigenvalue weighted by atomic mass is 16.5. The number of methoxy groups -OCH3 is 1. The molecule has 5 nitrogen and oxygen atoms in total. The lowest BCUT2D eigenvalue weighted by Gasteiger charge is -2.09. The first-order valence-corrected chi connectivity index (χ1v) is 6.28. The summed E-state index contributed by atoms with van der Waals surface area (Å²) in [5.74, 6) is 0.844. The molecule has 0 spiro atoms. The van der Waals surface area contributed by atoms with Crippen LogP contribution in [0.5, 0.6) is 5.88 Å². The topological polar surface area (TPSA) is 71.9 Å². The van der Waals surface area contributed by atoms with Gasteiger partial charge in [0.2, 0.25) is 5.88 Å². The maximum Gasteiger partial charge on any atom is 0.232 e. The third-order valence-corrected chi connectivity index (χ3v) is 3.01. The first-order valence-electron chi connectivity index (χ1n) is 6.28. The summed E-state index contributed by atoms with van der Waals surface area (Å²) in [6.07, 6.45) is 3.25. The van der Waals surface area contributed by atoms with Crippen LogP contribution in [0.15, 0.2) is 53.3 Å². The van der Waals surface area contributed by atoms with Gasteiger partial charge in [0.1, 0.15) is 17.4 Å². The number of hydrogen-bond acceptors (Lipinski definition) is 5. The zero-order chi connectivity index (χ0) is 14.7. The summed E-state index contributed by atoms with van der Waals surface area (Å²) in [4.78, 5) is 8.62. The van der Waals surface area contributed by atoms with Gasteiger partial charge in [-0.3, -0.25) is 4.98 Å². The van der Waals surface area contributed by atoms with Crippen molar-refractivity contribution < 1.29 is 9.15 Å². The van der Waals surface area contributed by atoms with Crippen LogP contribution in [0.4, 0.5) is 0 Å². The molecule has 0 aliphatic carbocycles. The first kappa shape index (κ1) is 12.9. The summed E-state index contributed by atoms with van der Waals surface area (Å²) < 4.78 is 10.6. The van der Waals surface area contributed by atoms with Crippen LogP contribution in [0.3, 0.4) is 0 Å². The SMILES string of the molecule is COc1nc(-c2ccccn2)cc(-c2ccco2)c1C#N. The summed E-state index contributed by atoms with van der Waals surface area (Å²) in [6.45, 7) is 0. The number of nitrogens with zero attached hydrogens (tertiary/aromatic N) is 3. The molecule has 0 saturated heterocycles. The monoisotopic (exact) mass is 277 g/mol. The van der Waals surface area contributed by atoms with Crippen LogP contribution in [-0.2, 0) is 0 Å². The summed E-state index contributed by atoms with van der Waals surface area (Å²) in [5.41, 5.74) is 2.30. The standard InChI is InChI=1S/C16H11N3O2/c1-20-16-12(10-17)11(15-6-4-8-21-15)9-14(19-16)13-5-2-3-7-18-13/h2-9H,1H3. The molecule has 0 saturated carbocycles. The number of rotatable bonds is 3. The van der Waals surface area contributed by atoms with Crippen molar-refractivity contribution in [1.29, 1.82) is 5.26 Å². The van der Waals surface area contributed by atoms with Crippen molar-refractivity contribution in [2.45, 2.75) is 0 Å². The zero-order valence-electron chi connectivity index (χ0n) is 11.3. The van der Waals surface area contributed by atoms with Crippen molar-refractivity contribution in [2.75, 3.05) is 7.11 Å². The highest BCUT2D eigenvalue weighted by Crippen LogP contribution is 2.32. The molecule has 0 aliphatic heterocycles. The third-order valence-electron chi connectivity index (χ3n) is 3.01. The van der Waals surface area contributed by atoms with Gasteiger partial charge in [-0.25, -0.2) is 4.98 Å². The van der Waals surface area contributed by atoms with Gasteiger partial charge in [0.25, 0.3) is 0 Å². The van der Waals surface area contributed by atoms with Crippen LogP contribution in [0.1, 0.15) is 5.56 Å². The minimum Gasteiger partial charge on any atom is -0.480 e. The summed E-state index contributed by atoms with van der Waals surface area (Å²) in [5, 5.41) is 9.36. The Morgan fingerprint density at radius 1 is 1.19 bits per heavy atom. The summed E-state index contributed by atoms with van der Waals surface area (Å²) >= 11 is 0. The molecule has 3 aromatic rings. The normalized spacial score (nSPS) is 10.1. The smallest absolute Gasteiger partial charge is 0.232 e. The minimum absolute atomic E-state index is 0.257. The number of furan rings is 1. The third kappa shape index (κ3) is 2.35. The Bertz CT molecular complexity index is 790. The van der Waals surface area contributed by atoms with Gasteiger partial charge in [-0.2, -0.15) is 5.26 Å². The number of pyridine rings is 2. The Labute approximate surface area is 121 Å². The molecule has 0 atom stereocenters. The van der Waals surface area contributed by atoms with E-state index in [2.05, 4.69) is 16.0 Å². The van der Waals surface area contributed by atoms with Crippen molar-refractivity contribution in [3.05, 3.63) is 54.4 Å². The summed E-state index contributed by atoms with van der Waals surface area (Å²) in [6, 6.07) is 13.0. The fourth-order valence-corrected chi connectivity index (χ4v) is 2.05. The molecule has 0 amide bonds. The van der Waals surface area contributed by atoms with Gasteiger partial charge in [-0.1, -0.05) is 6.07 Å². The van der Waals surface area contributed by atoms with Crippen molar-refractivity contribution in [3.63, 3.8) is 0 Å². The molecule has 0 unspecified atom stereocenters. The van der Waals surface area contributed by atoms with E-state index in [0.717, 1.165) is 0 Å². The van der Waals surface area contributed by atoms with Gasteiger partial charge in [0.15, 0.2) is 0 Å². The molecule has 102 valence electrons. The van der Waals surface area contributed by atoms with Crippen LogP contribution in [-0.4, -0.2) is 17.1 Å². The molecule has 0 aromatic carbocycles. The van der Waals surface area contributed by atoms with E-state index in [-0.39, 0.29) is 5.88 Å². The van der Waals surface area contributed by atoms with E-state index < -0.39 is 0 Å². The maximum atomic E-state index is 9.36. The predicted molar refractivity (Wildman–Crippen MR) is 76.4 cm³/mol. The molecule has 21 heavy (non-hydrogen) atoms. The maximum absolute atomic E-state index is 9.36. The van der Waals surface area contributed by atoms with Crippen molar-refractivity contribution in [2.24, 2.45) is 0 Å². The Balaban J connectivity index is 2.26. The first-order chi connectivity index (χ1) is 10.3. The van der Waals surface area contributed by atoms with Crippen molar-refractivity contribution >= 4 is 0 Å². The second-order valence-corrected chi connectivity index (χ2v) is 4.24. The molecule has 5 heteroatoms. The van der Waals surface area contributed by atoms with E-state index in [9.17, 15) is 5.26 Å². The fraction of sp³-hybridized carbons (Fsp3) is 0.0625. The van der Waals surface area contributed by atoms with Gasteiger partial charge in [-0.15, -0.1) is 0 Å². The average Bonchev–Trinajstić information content (AvgIpc) is 3.08. The number of hydrogen-bond donors (Lipinski definition) is 0. The lowest BCUT2D eigenvalue weighted by molar-refractivity contribution is 0.397. The van der Waals surface area contributed by atoms with Crippen molar-refractivity contribution in [1.82, 2.24) is 9.97 Å². The molecule has 3 aromatic heterocycles. The highest BCUT2D eigenvalue weighted by molar-refractivity contribution is 5.74. The largest absolute Gasteiger partial charge is 0.480 e. The molecule has 0 radical (unpaired) electrons. The predicted octanol–water partition coefficient (Wildman–Crippen LogP) is 3.28. The lowest BCUT2D eigenvalue weighted by atomic mass is 10.1. The molecule has 0 N–H and O–H groups in total. The second-order valence-electron chi connectivity index (χ2n) is 4.24. The molecule has 3 rings (SSSR count). The molecule has 3 heterocycles. The Kier molecular flexibility index (Phi) is 3.36. The van der Waals surface area contributed by atoms with Crippen LogP contribution >= 0.6 is 0 Å². The van der Waals surface area contributed by atoms with Gasteiger partial charge in [0.05, 0.1) is 24.8 Å². The fourth-order valence-electron chi connectivity index (χ4n) is 2.05. The van der Waals surface area contributed by atoms with E-state index >= 15 is 0 Å². The van der Waals surface area contributed by atoms with Crippen molar-refractivity contribution in [3.8, 4) is 34.7 Å². The number of ether oxygens (including phenoxy) is 1. The van der Waals surface area contributed by atoms with Gasteiger partial charge in [-0.05, 0) is 30.3 Å². The van der Waals surface area contributed by atoms with Crippen LogP contribution in [0.2, 0.25) is 0 Å². The number of nitriles is 1. The Morgan fingerprint density at radius 3 is 2.71 bits per heavy atom. The lowest BCUT2D eigenvalue weighted by Crippen LogP contribution is -1.98. The number of aromatic nitrogens is 2. The van der Waals surface area contributed by atoms with E-state index in [1.165, 1.54) is 7.11 Å². The quantitative estimate of drug-likeness (QED) is 0.734. The molecular weight excluding hydrogens is 266 g/mol. The van der Waals surface area contributed by atoms with E-state index in [1.54, 1.807) is 30.7 Å². The minimum atomic E-state index is 0.257. The molecular formula is C16H11N3O2. The van der Waals surface area contributed by atoms with E-state index in [1.807, 2.05) is 18.2 Å². The van der Waals surface area contributed by atoms with Crippen LogP contribution in [0, 0.1) is 11.3 Å². The second kappa shape index (κ2) is 5.47. The highest BCUT2D eigenvalue weighted by Gasteiger charge is 2.17. The van der Waals surface area contributed by atoms with E-state index in [4.69, 9.17) is 9.15 Å². The van der Waals surface area contributed by atoms with Gasteiger partial charge < -0.3 is 9.15 Å². The van der Waals surface area contributed by atoms with Crippen LogP contribution < -0.4 is 4.74 Å². The Morgan fingerprint density at radius 2 is 2.10 bits per heavy atom. The Hall–Kier alpha value is -3.13. The van der Waals surface area contributed by atoms with Crippen LogP contribution in [0.25, 0.3) is 22.7 Å². The average molecular weight is 277 g/mol. The zero-order valence-corrected chi connectivity index (χ0v) is 11.3. The summed E-state index contributed by atoms with van der Waals surface area (Å²) in [7, 11) is 1.48. The molecule has 0 fully saturated rings. The van der Waals surface area contributed by atoms with Gasteiger partial charge in [0, 0.05) is 11.8 Å².